The first-order chi connectivity index (χ1) is 19.1. The van der Waals surface area contributed by atoms with E-state index in [1.165, 1.54) is 26.4 Å². The Balaban J connectivity index is 1.41. The lowest BCUT2D eigenvalue weighted by Gasteiger charge is -2.51. The number of carbonyl (C=O) groups excluding carboxylic acids is 1. The van der Waals surface area contributed by atoms with E-state index in [9.17, 15) is 35.4 Å². The second kappa shape index (κ2) is 11.1. The summed E-state index contributed by atoms with van der Waals surface area (Å²) in [6.45, 7) is -0.891. The zero-order valence-electron chi connectivity index (χ0n) is 21.7. The highest BCUT2D eigenvalue weighted by molar-refractivity contribution is 6.02. The van der Waals surface area contributed by atoms with Crippen LogP contribution in [0.1, 0.15) is 28.4 Å². The fourth-order valence-corrected chi connectivity index (χ4v) is 5.21. The maximum absolute atomic E-state index is 13.0. The Hall–Kier alpha value is -3.01. The molecule has 0 unspecified atom stereocenters. The molecular formula is C27H32O13. The third kappa shape index (κ3) is 4.88. The van der Waals surface area contributed by atoms with Gasteiger partial charge >= 0.3 is 0 Å². The zero-order chi connectivity index (χ0) is 28.8. The molecule has 0 spiro atoms. The maximum atomic E-state index is 13.0. The maximum Gasteiger partial charge on any atom is 0.268 e. The van der Waals surface area contributed by atoms with E-state index in [-0.39, 0.29) is 18.0 Å². The van der Waals surface area contributed by atoms with Crippen molar-refractivity contribution in [1.29, 1.82) is 0 Å². The Morgan fingerprint density at radius 2 is 1.55 bits per heavy atom. The first kappa shape index (κ1) is 28.5. The topological polar surface area (TPSA) is 194 Å². The van der Waals surface area contributed by atoms with Crippen LogP contribution in [0.25, 0.3) is 0 Å². The van der Waals surface area contributed by atoms with Crippen LogP contribution in [-0.2, 0) is 9.47 Å². The van der Waals surface area contributed by atoms with Crippen LogP contribution in [0.15, 0.2) is 36.4 Å². The van der Waals surface area contributed by atoms with Crippen molar-refractivity contribution in [3.63, 3.8) is 0 Å². The molecule has 3 heterocycles. The van der Waals surface area contributed by atoms with Crippen molar-refractivity contribution in [1.82, 2.24) is 0 Å². The van der Waals surface area contributed by atoms with Gasteiger partial charge in [0.1, 0.15) is 65.2 Å². The van der Waals surface area contributed by atoms with E-state index < -0.39 is 67.8 Å². The summed E-state index contributed by atoms with van der Waals surface area (Å²) in [5.41, 5.74) is 0.944. The molecule has 9 atom stereocenters. The monoisotopic (exact) mass is 564 g/mol. The molecule has 2 aromatic carbocycles. The molecule has 0 aliphatic carbocycles. The molecular weight excluding hydrogens is 532 g/mol. The molecule has 13 nitrogen and oxygen atoms in total. The molecule has 0 bridgehead atoms. The van der Waals surface area contributed by atoms with Crippen LogP contribution in [0.4, 0.5) is 0 Å². The van der Waals surface area contributed by atoms with Crippen molar-refractivity contribution in [2.45, 2.75) is 61.0 Å². The highest BCUT2D eigenvalue weighted by atomic mass is 16.7. The van der Waals surface area contributed by atoms with Gasteiger partial charge in [0.25, 0.3) is 5.79 Å². The van der Waals surface area contributed by atoms with Crippen LogP contribution in [0.3, 0.4) is 0 Å². The minimum atomic E-state index is -2.26. The Bertz CT molecular complexity index is 1220. The van der Waals surface area contributed by atoms with Crippen molar-refractivity contribution in [3.8, 4) is 23.0 Å². The molecule has 3 aliphatic heterocycles. The number of methoxy groups -OCH3 is 2. The van der Waals surface area contributed by atoms with Gasteiger partial charge in [0.15, 0.2) is 18.0 Å². The Labute approximate surface area is 229 Å². The van der Waals surface area contributed by atoms with Gasteiger partial charge in [-0.25, -0.2) is 0 Å². The largest absolute Gasteiger partial charge is 0.496 e. The third-order valence-electron chi connectivity index (χ3n) is 7.45. The summed E-state index contributed by atoms with van der Waals surface area (Å²) in [6.07, 6.45) is -12.1. The minimum Gasteiger partial charge on any atom is -0.496 e. The summed E-state index contributed by atoms with van der Waals surface area (Å²) >= 11 is 0. The standard InChI is InChI=1S/C27H32O13/c1-35-14-7-19(36-2)21-15(28)9-18(39-20(21)8-14)12-3-5-13(6-4-12)40-27(25(34)23(32)17(30)11-38-27)26-24(33)22(31)16(29)10-37-26/h3-8,16-18,22-26,29-34H,9-11H2,1-2H3/t16-,17-,18-,22-,23-,24-,25-,26-,27-/m0/s1. The normalized spacial score (nSPS) is 35.9. The first-order valence-electron chi connectivity index (χ1n) is 12.7. The molecule has 0 radical (unpaired) electrons. The second-order valence-electron chi connectivity index (χ2n) is 9.95. The van der Waals surface area contributed by atoms with Gasteiger partial charge in [0, 0.05) is 12.1 Å². The van der Waals surface area contributed by atoms with E-state index in [1.807, 2.05) is 0 Å². The van der Waals surface area contributed by atoms with E-state index >= 15 is 0 Å². The van der Waals surface area contributed by atoms with Gasteiger partial charge in [-0.2, -0.15) is 0 Å². The minimum absolute atomic E-state index is 0.0358. The lowest BCUT2D eigenvalue weighted by molar-refractivity contribution is -0.369. The van der Waals surface area contributed by atoms with Gasteiger partial charge in [-0.1, -0.05) is 12.1 Å². The molecule has 5 rings (SSSR count). The first-order valence-corrected chi connectivity index (χ1v) is 12.7. The molecule has 13 heteroatoms. The number of aliphatic hydroxyl groups is 6. The number of hydrogen-bond donors (Lipinski definition) is 6. The summed E-state index contributed by atoms with van der Waals surface area (Å²) in [4.78, 5) is 13.0. The molecule has 2 saturated heterocycles. The summed E-state index contributed by atoms with van der Waals surface area (Å²) in [7, 11) is 2.94. The zero-order valence-corrected chi connectivity index (χ0v) is 21.7. The Kier molecular flexibility index (Phi) is 7.92. The van der Waals surface area contributed by atoms with E-state index in [2.05, 4.69) is 0 Å². The third-order valence-corrected chi connectivity index (χ3v) is 7.45. The molecule has 40 heavy (non-hydrogen) atoms. The predicted octanol–water partition coefficient (Wildman–Crippen LogP) is -0.920. The second-order valence-corrected chi connectivity index (χ2v) is 9.95. The van der Waals surface area contributed by atoms with Gasteiger partial charge in [0.05, 0.1) is 33.9 Å². The molecule has 0 aromatic heterocycles. The lowest BCUT2D eigenvalue weighted by atomic mass is 9.86. The fraction of sp³-hybridized carbons (Fsp3) is 0.519. The summed E-state index contributed by atoms with van der Waals surface area (Å²) < 4.78 is 33.9. The number of hydrogen-bond acceptors (Lipinski definition) is 13. The van der Waals surface area contributed by atoms with Gasteiger partial charge in [0.2, 0.25) is 0 Å². The van der Waals surface area contributed by atoms with Crippen LogP contribution in [0, 0.1) is 0 Å². The van der Waals surface area contributed by atoms with E-state index in [4.69, 9.17) is 28.4 Å². The van der Waals surface area contributed by atoms with Crippen molar-refractivity contribution in [3.05, 3.63) is 47.5 Å². The lowest BCUT2D eigenvalue weighted by Crippen LogP contribution is -2.74. The average Bonchev–Trinajstić information content (AvgIpc) is 2.96. The molecule has 2 fully saturated rings. The predicted molar refractivity (Wildman–Crippen MR) is 133 cm³/mol. The molecule has 0 amide bonds. The van der Waals surface area contributed by atoms with Crippen molar-refractivity contribution in [2.24, 2.45) is 0 Å². The molecule has 2 aromatic rings. The summed E-state index contributed by atoms with van der Waals surface area (Å²) in [5.74, 6) is -1.22. The van der Waals surface area contributed by atoms with Gasteiger partial charge in [-0.05, 0) is 17.7 Å². The smallest absolute Gasteiger partial charge is 0.268 e. The number of aliphatic hydroxyl groups excluding tert-OH is 6. The van der Waals surface area contributed by atoms with Crippen molar-refractivity contribution in [2.75, 3.05) is 27.4 Å². The number of Topliss-reactive ketones (excluding diaryl/α,β-unsaturated/α-hetero) is 1. The molecule has 3 aliphatic rings. The van der Waals surface area contributed by atoms with E-state index in [0.717, 1.165) is 0 Å². The number of fused-ring (bicyclic) bond motifs is 1. The highest BCUT2D eigenvalue weighted by Crippen LogP contribution is 2.43. The van der Waals surface area contributed by atoms with Crippen molar-refractivity contribution < 1.29 is 63.9 Å². The van der Waals surface area contributed by atoms with Gasteiger partial charge < -0.3 is 59.1 Å². The fourth-order valence-electron chi connectivity index (χ4n) is 5.21. The number of benzene rings is 2. The highest BCUT2D eigenvalue weighted by Gasteiger charge is 2.62. The van der Waals surface area contributed by atoms with Crippen LogP contribution in [0.2, 0.25) is 0 Å². The van der Waals surface area contributed by atoms with Crippen molar-refractivity contribution >= 4 is 5.78 Å². The van der Waals surface area contributed by atoms with Crippen LogP contribution in [0.5, 0.6) is 23.0 Å². The quantitative estimate of drug-likeness (QED) is 0.252. The number of rotatable bonds is 6. The van der Waals surface area contributed by atoms with Crippen LogP contribution < -0.4 is 18.9 Å². The molecule has 218 valence electrons. The van der Waals surface area contributed by atoms with Gasteiger partial charge in [-0.15, -0.1) is 0 Å². The Morgan fingerprint density at radius 3 is 2.23 bits per heavy atom. The average molecular weight is 565 g/mol. The van der Waals surface area contributed by atoms with Crippen LogP contribution >= 0.6 is 0 Å². The van der Waals surface area contributed by atoms with E-state index in [0.29, 0.717) is 28.4 Å². The molecule has 0 saturated carbocycles. The molecule has 6 N–H and O–H groups in total. The Morgan fingerprint density at radius 1 is 0.850 bits per heavy atom. The van der Waals surface area contributed by atoms with E-state index in [1.54, 1.807) is 24.3 Å². The van der Waals surface area contributed by atoms with Crippen LogP contribution in [-0.4, -0.2) is 112 Å². The number of ether oxygens (including phenoxy) is 6. The number of ketones is 1. The SMILES string of the molecule is COc1cc(OC)c2c(c1)O[C@H](c1ccc(O[C@@]3([C@H]4OC[C@H](O)[C@H](O)[C@@H]4O)OC[C@H](O)[C@H](O)[C@@H]3O)cc1)CC2=O. The summed E-state index contributed by atoms with van der Waals surface area (Å²) in [5, 5.41) is 62.1. The van der Waals surface area contributed by atoms with Gasteiger partial charge in [-0.3, -0.25) is 4.79 Å². The summed E-state index contributed by atoms with van der Waals surface area (Å²) in [6, 6.07) is 9.46. The number of carbonyl (C=O) groups is 1.